The van der Waals surface area contributed by atoms with Gasteiger partial charge in [-0.25, -0.2) is 0 Å². The molecule has 0 spiro atoms. The van der Waals surface area contributed by atoms with Gasteiger partial charge in [0.05, 0.1) is 6.10 Å². The largest absolute Gasteiger partial charge is 0.388 e. The van der Waals surface area contributed by atoms with Crippen LogP contribution in [0.3, 0.4) is 0 Å². The van der Waals surface area contributed by atoms with Crippen molar-refractivity contribution in [3.05, 3.63) is 70.0 Å². The Labute approximate surface area is 232 Å². The average molecular weight is 528 g/mol. The highest BCUT2D eigenvalue weighted by atomic mass is 32.2. The van der Waals surface area contributed by atoms with Crippen LogP contribution in [0.1, 0.15) is 138 Å². The number of aliphatic hydroxyl groups excluding tert-OH is 2. The van der Waals surface area contributed by atoms with Crippen LogP contribution in [0.5, 0.6) is 0 Å². The molecule has 2 atom stereocenters. The van der Waals surface area contributed by atoms with E-state index in [9.17, 15) is 10.2 Å². The van der Waals surface area contributed by atoms with Crippen LogP contribution < -0.4 is 0 Å². The Kier molecular flexibility index (Phi) is 14.2. The molecule has 0 bridgehead atoms. The maximum atomic E-state index is 11.5. The fourth-order valence-corrected chi connectivity index (χ4v) is 4.77. The van der Waals surface area contributed by atoms with Crippen LogP contribution in [-0.4, -0.2) is 27.2 Å². The molecule has 208 valence electrons. The van der Waals surface area contributed by atoms with Crippen molar-refractivity contribution >= 4 is 17.3 Å². The van der Waals surface area contributed by atoms with Gasteiger partial charge in [0.25, 0.3) is 0 Å². The molecular formula is C33H53NO2S. The van der Waals surface area contributed by atoms with Gasteiger partial charge in [0.1, 0.15) is 6.10 Å². The van der Waals surface area contributed by atoms with Gasteiger partial charge in [-0.3, -0.25) is 4.98 Å². The smallest absolute Gasteiger partial charge is 0.106 e. The molecule has 0 saturated heterocycles. The second-order valence-electron chi connectivity index (χ2n) is 11.3. The predicted octanol–water partition coefficient (Wildman–Crippen LogP) is 9.20. The highest BCUT2D eigenvalue weighted by molar-refractivity contribution is 7.98. The normalized spacial score (nSPS) is 16.6. The third-order valence-corrected chi connectivity index (χ3v) is 7.09. The van der Waals surface area contributed by atoms with Crippen molar-refractivity contribution in [2.75, 3.05) is 12.0 Å². The fraction of sp³-hybridized carbons (Fsp3) is 0.606. The number of thioether (sulfide) groups is 1. The number of nitrogens with zero attached hydrogens (tertiary/aromatic N) is 1. The second kappa shape index (κ2) is 15.7. The zero-order chi connectivity index (χ0) is 28.3. The lowest BCUT2D eigenvalue weighted by atomic mass is 9.71. The SMILES string of the molecule is C=C(CCC)c1c([C@H](O)c2ccc(C)cc2)c(C(C)C)nc2c1[C@@H](O)CC(C)(C)C2.CCC.CCSC. The molecule has 3 nitrogen and oxygen atoms in total. The molecule has 0 unspecified atom stereocenters. The molecular weight excluding hydrogens is 474 g/mol. The first-order chi connectivity index (χ1) is 17.4. The lowest BCUT2D eigenvalue weighted by Gasteiger charge is -2.37. The van der Waals surface area contributed by atoms with Crippen molar-refractivity contribution in [3.8, 4) is 0 Å². The van der Waals surface area contributed by atoms with Crippen LogP contribution in [0.2, 0.25) is 0 Å². The highest BCUT2D eigenvalue weighted by Crippen LogP contribution is 2.47. The molecule has 0 radical (unpaired) electrons. The summed E-state index contributed by atoms with van der Waals surface area (Å²) in [5.74, 6) is 1.39. The van der Waals surface area contributed by atoms with Crippen LogP contribution in [0.25, 0.3) is 5.57 Å². The van der Waals surface area contributed by atoms with E-state index in [4.69, 9.17) is 4.98 Å². The van der Waals surface area contributed by atoms with Gasteiger partial charge in [-0.2, -0.15) is 11.8 Å². The Morgan fingerprint density at radius 2 is 1.68 bits per heavy atom. The van der Waals surface area contributed by atoms with Crippen molar-refractivity contribution in [1.82, 2.24) is 4.98 Å². The monoisotopic (exact) mass is 527 g/mol. The summed E-state index contributed by atoms with van der Waals surface area (Å²) in [6, 6.07) is 8.01. The first-order valence-corrected chi connectivity index (χ1v) is 15.4. The average Bonchev–Trinajstić information content (AvgIpc) is 2.83. The summed E-state index contributed by atoms with van der Waals surface area (Å²) in [5.41, 5.74) is 7.53. The quantitative estimate of drug-likeness (QED) is 0.377. The molecule has 0 fully saturated rings. The van der Waals surface area contributed by atoms with E-state index in [1.807, 2.05) is 43.0 Å². The number of aromatic nitrogens is 1. The molecule has 3 rings (SSSR count). The van der Waals surface area contributed by atoms with Gasteiger partial charge in [-0.05, 0) is 66.2 Å². The van der Waals surface area contributed by atoms with E-state index in [1.54, 1.807) is 0 Å². The summed E-state index contributed by atoms with van der Waals surface area (Å²) in [6.45, 7) is 23.6. The van der Waals surface area contributed by atoms with Crippen LogP contribution in [-0.2, 0) is 6.42 Å². The number of fused-ring (bicyclic) bond motifs is 1. The number of allylic oxidation sites excluding steroid dienone is 1. The van der Waals surface area contributed by atoms with E-state index in [-0.39, 0.29) is 11.3 Å². The molecule has 1 aliphatic rings. The van der Waals surface area contributed by atoms with Gasteiger partial charge in [0.15, 0.2) is 0 Å². The summed E-state index contributed by atoms with van der Waals surface area (Å²) in [4.78, 5) is 5.06. The van der Waals surface area contributed by atoms with E-state index < -0.39 is 12.2 Å². The Morgan fingerprint density at radius 3 is 2.14 bits per heavy atom. The summed E-state index contributed by atoms with van der Waals surface area (Å²) in [6.07, 6.45) is 5.27. The minimum Gasteiger partial charge on any atom is -0.388 e. The first kappa shape index (κ1) is 33.4. The van der Waals surface area contributed by atoms with E-state index in [1.165, 1.54) is 12.2 Å². The lowest BCUT2D eigenvalue weighted by Crippen LogP contribution is -2.29. The maximum Gasteiger partial charge on any atom is 0.106 e. The molecule has 2 N–H and O–H groups in total. The van der Waals surface area contributed by atoms with E-state index in [2.05, 4.69) is 68.2 Å². The minimum atomic E-state index is -0.799. The minimum absolute atomic E-state index is 0.00584. The molecule has 37 heavy (non-hydrogen) atoms. The molecule has 2 aromatic rings. The third kappa shape index (κ3) is 9.26. The number of hydrogen-bond acceptors (Lipinski definition) is 4. The standard InChI is InChI=1S/C27H37NO2.C3H8S.C3H8/c1-8-9-18(5)22-23-20(14-27(6,7)15-21(23)29)28-25(16(2)3)24(22)26(30)19-12-10-17(4)11-13-19;1-3-4-2;1-3-2/h10-13,16,21,26,29-30H,5,8-9,14-15H2,1-4,6-7H3;3H2,1-2H3;3H2,1-2H3/t21-,26+;;/m0../s1. The van der Waals surface area contributed by atoms with Gasteiger partial charge in [-0.1, -0.05) is 105 Å². The van der Waals surface area contributed by atoms with Gasteiger partial charge in [0.2, 0.25) is 0 Å². The second-order valence-corrected chi connectivity index (χ2v) is 12.5. The van der Waals surface area contributed by atoms with Gasteiger partial charge >= 0.3 is 0 Å². The van der Waals surface area contributed by atoms with Gasteiger partial charge < -0.3 is 10.2 Å². The number of benzene rings is 1. The Hall–Kier alpha value is -1.62. The Bertz CT molecular complexity index is 977. The maximum absolute atomic E-state index is 11.5. The molecule has 4 heteroatoms. The molecule has 0 saturated carbocycles. The number of hydrogen-bond donors (Lipinski definition) is 2. The van der Waals surface area contributed by atoms with E-state index in [0.29, 0.717) is 6.42 Å². The first-order valence-electron chi connectivity index (χ1n) is 14.0. The zero-order valence-corrected chi connectivity index (χ0v) is 26.1. The summed E-state index contributed by atoms with van der Waals surface area (Å²) < 4.78 is 0. The predicted molar refractivity (Wildman–Crippen MR) is 165 cm³/mol. The topological polar surface area (TPSA) is 53.4 Å². The van der Waals surface area contributed by atoms with Crippen LogP contribution in [0.4, 0.5) is 0 Å². The lowest BCUT2D eigenvalue weighted by molar-refractivity contribution is 0.0972. The third-order valence-electron chi connectivity index (χ3n) is 6.51. The van der Waals surface area contributed by atoms with Crippen molar-refractivity contribution in [1.29, 1.82) is 0 Å². The van der Waals surface area contributed by atoms with Gasteiger partial charge in [-0.15, -0.1) is 0 Å². The van der Waals surface area contributed by atoms with Gasteiger partial charge in [0, 0.05) is 22.5 Å². The summed E-state index contributed by atoms with van der Waals surface area (Å²) in [5, 5.41) is 22.7. The molecule has 0 amide bonds. The molecule has 1 aliphatic carbocycles. The Morgan fingerprint density at radius 1 is 1.14 bits per heavy atom. The fourth-order valence-electron chi connectivity index (χ4n) is 4.77. The highest BCUT2D eigenvalue weighted by Gasteiger charge is 2.37. The molecule has 1 heterocycles. The van der Waals surface area contributed by atoms with E-state index >= 15 is 0 Å². The molecule has 1 aromatic carbocycles. The van der Waals surface area contributed by atoms with Crippen molar-refractivity contribution < 1.29 is 10.2 Å². The van der Waals surface area contributed by atoms with Crippen molar-refractivity contribution in [2.24, 2.45) is 5.41 Å². The molecule has 1 aromatic heterocycles. The Balaban J connectivity index is 0.000000873. The summed E-state index contributed by atoms with van der Waals surface area (Å²) in [7, 11) is 0. The van der Waals surface area contributed by atoms with Crippen LogP contribution in [0.15, 0.2) is 30.8 Å². The van der Waals surface area contributed by atoms with Crippen molar-refractivity contribution in [2.45, 2.75) is 113 Å². The summed E-state index contributed by atoms with van der Waals surface area (Å²) >= 11 is 1.86. The van der Waals surface area contributed by atoms with Crippen LogP contribution in [0, 0.1) is 12.3 Å². The number of aryl methyl sites for hydroxylation is 1. The zero-order valence-electron chi connectivity index (χ0n) is 25.2. The van der Waals surface area contributed by atoms with E-state index in [0.717, 1.165) is 64.0 Å². The number of rotatable bonds is 7. The van der Waals surface area contributed by atoms with Crippen molar-refractivity contribution in [3.63, 3.8) is 0 Å². The number of pyridine rings is 1. The molecule has 0 aliphatic heterocycles. The van der Waals surface area contributed by atoms with Crippen LogP contribution >= 0.6 is 11.8 Å². The number of aliphatic hydroxyl groups is 2.